The summed E-state index contributed by atoms with van der Waals surface area (Å²) in [6.07, 6.45) is 5.16. The van der Waals surface area contributed by atoms with E-state index in [1.54, 1.807) is 23.9 Å². The van der Waals surface area contributed by atoms with E-state index in [0.29, 0.717) is 18.4 Å². The number of aryl methyl sites for hydroxylation is 1. The van der Waals surface area contributed by atoms with Crippen LogP contribution in [0.25, 0.3) is 10.2 Å². The molecule has 0 spiro atoms. The number of aromatic nitrogens is 4. The lowest BCUT2D eigenvalue weighted by Crippen LogP contribution is -2.47. The molecule has 142 valence electrons. The van der Waals surface area contributed by atoms with Crippen LogP contribution >= 0.6 is 11.3 Å². The quantitative estimate of drug-likeness (QED) is 0.669. The molecule has 1 aliphatic rings. The van der Waals surface area contributed by atoms with Gasteiger partial charge < -0.3 is 14.5 Å². The van der Waals surface area contributed by atoms with Crippen molar-refractivity contribution in [2.45, 2.75) is 20.8 Å². The predicted octanol–water partition coefficient (Wildman–Crippen LogP) is 3.15. The Bertz CT molecular complexity index is 919. The summed E-state index contributed by atoms with van der Waals surface area (Å²) >= 11 is 1.72. The highest BCUT2D eigenvalue weighted by atomic mass is 32.1. The van der Waals surface area contributed by atoms with E-state index in [4.69, 9.17) is 4.74 Å². The highest BCUT2D eigenvalue weighted by Crippen LogP contribution is 2.30. The molecule has 0 saturated carbocycles. The van der Waals surface area contributed by atoms with Crippen molar-refractivity contribution in [3.05, 3.63) is 29.7 Å². The van der Waals surface area contributed by atoms with E-state index < -0.39 is 0 Å². The summed E-state index contributed by atoms with van der Waals surface area (Å²) in [6, 6.07) is 2.18. The van der Waals surface area contributed by atoms with Crippen molar-refractivity contribution in [2.24, 2.45) is 5.92 Å². The molecule has 8 heteroatoms. The van der Waals surface area contributed by atoms with E-state index in [2.05, 4.69) is 56.6 Å². The maximum Gasteiger partial charge on any atom is 0.234 e. The highest BCUT2D eigenvalue weighted by molar-refractivity contribution is 7.18. The molecule has 4 heterocycles. The largest absolute Gasteiger partial charge is 0.476 e. The standard InChI is InChI=1S/C19H24N6OS/c1-13(2)11-26-17-10-20-9-16(23-17)24-4-6-25(7-5-24)18-15-8-14(3)27-19(15)22-12-21-18/h8-10,12-13H,4-7,11H2,1-3H3. The molecule has 0 aromatic carbocycles. The Kier molecular flexibility index (Phi) is 5.07. The second-order valence-electron chi connectivity index (χ2n) is 7.17. The van der Waals surface area contributed by atoms with Gasteiger partial charge in [0, 0.05) is 31.1 Å². The zero-order valence-electron chi connectivity index (χ0n) is 15.9. The number of rotatable bonds is 5. The van der Waals surface area contributed by atoms with Crippen LogP contribution in [-0.2, 0) is 0 Å². The molecule has 1 saturated heterocycles. The molecule has 27 heavy (non-hydrogen) atoms. The van der Waals surface area contributed by atoms with Crippen LogP contribution < -0.4 is 14.5 Å². The maximum atomic E-state index is 5.71. The van der Waals surface area contributed by atoms with E-state index >= 15 is 0 Å². The van der Waals surface area contributed by atoms with Gasteiger partial charge >= 0.3 is 0 Å². The topological polar surface area (TPSA) is 67.3 Å². The van der Waals surface area contributed by atoms with Crippen molar-refractivity contribution in [2.75, 3.05) is 42.6 Å². The minimum atomic E-state index is 0.462. The fourth-order valence-electron chi connectivity index (χ4n) is 3.18. The second-order valence-corrected chi connectivity index (χ2v) is 8.40. The van der Waals surface area contributed by atoms with Crippen molar-refractivity contribution in [3.8, 4) is 5.88 Å². The minimum Gasteiger partial charge on any atom is -0.476 e. The summed E-state index contributed by atoms with van der Waals surface area (Å²) in [5.74, 6) is 2.96. The zero-order valence-corrected chi connectivity index (χ0v) is 16.7. The Morgan fingerprint density at radius 3 is 2.67 bits per heavy atom. The molecule has 0 unspecified atom stereocenters. The molecule has 0 aliphatic carbocycles. The van der Waals surface area contributed by atoms with Crippen LogP contribution in [0.1, 0.15) is 18.7 Å². The number of ether oxygens (including phenoxy) is 1. The summed E-state index contributed by atoms with van der Waals surface area (Å²) in [6.45, 7) is 10.5. The molecule has 0 radical (unpaired) electrons. The van der Waals surface area contributed by atoms with Crippen LogP contribution in [0.3, 0.4) is 0 Å². The number of hydrogen-bond acceptors (Lipinski definition) is 8. The Morgan fingerprint density at radius 2 is 1.89 bits per heavy atom. The van der Waals surface area contributed by atoms with Gasteiger partial charge in [0.2, 0.25) is 5.88 Å². The molecule has 0 bridgehead atoms. The Balaban J connectivity index is 1.45. The van der Waals surface area contributed by atoms with E-state index in [9.17, 15) is 0 Å². The molecule has 0 amide bonds. The highest BCUT2D eigenvalue weighted by Gasteiger charge is 2.22. The predicted molar refractivity (Wildman–Crippen MR) is 109 cm³/mol. The lowest BCUT2D eigenvalue weighted by atomic mass is 10.2. The van der Waals surface area contributed by atoms with E-state index in [0.717, 1.165) is 48.0 Å². The number of anilines is 2. The molecule has 7 nitrogen and oxygen atoms in total. The van der Waals surface area contributed by atoms with Crippen molar-refractivity contribution < 1.29 is 4.74 Å². The van der Waals surface area contributed by atoms with Gasteiger partial charge in [-0.1, -0.05) is 13.8 Å². The lowest BCUT2D eigenvalue weighted by molar-refractivity contribution is 0.260. The van der Waals surface area contributed by atoms with Gasteiger partial charge in [-0.25, -0.2) is 9.97 Å². The number of nitrogens with zero attached hydrogens (tertiary/aromatic N) is 6. The smallest absolute Gasteiger partial charge is 0.234 e. The first-order valence-corrected chi connectivity index (χ1v) is 10.1. The number of thiophene rings is 1. The van der Waals surface area contributed by atoms with Gasteiger partial charge in [-0.15, -0.1) is 11.3 Å². The molecular weight excluding hydrogens is 360 g/mol. The van der Waals surface area contributed by atoms with Crippen LogP contribution in [0.15, 0.2) is 24.8 Å². The SMILES string of the molecule is Cc1cc2c(N3CCN(c4cncc(OCC(C)C)n4)CC3)ncnc2s1. The Morgan fingerprint density at radius 1 is 1.11 bits per heavy atom. The summed E-state index contributed by atoms with van der Waals surface area (Å²) in [7, 11) is 0. The van der Waals surface area contributed by atoms with Crippen molar-refractivity contribution in [1.29, 1.82) is 0 Å². The monoisotopic (exact) mass is 384 g/mol. The van der Waals surface area contributed by atoms with Gasteiger partial charge in [0.25, 0.3) is 0 Å². The average Bonchev–Trinajstić information content (AvgIpc) is 3.07. The van der Waals surface area contributed by atoms with E-state index in [-0.39, 0.29) is 0 Å². The molecule has 4 rings (SSSR count). The number of piperazine rings is 1. The average molecular weight is 385 g/mol. The molecule has 1 aliphatic heterocycles. The van der Waals surface area contributed by atoms with Gasteiger partial charge in [0.1, 0.15) is 17.0 Å². The molecule has 3 aromatic rings. The number of hydrogen-bond donors (Lipinski definition) is 0. The third-order valence-corrected chi connectivity index (χ3v) is 5.46. The number of fused-ring (bicyclic) bond motifs is 1. The molecular formula is C19H24N6OS. The van der Waals surface area contributed by atoms with Gasteiger partial charge in [0.15, 0.2) is 5.82 Å². The Hall–Kier alpha value is -2.48. The summed E-state index contributed by atoms with van der Waals surface area (Å²) in [4.78, 5) is 24.8. The van der Waals surface area contributed by atoms with Crippen LogP contribution in [0.4, 0.5) is 11.6 Å². The van der Waals surface area contributed by atoms with Crippen molar-refractivity contribution >= 4 is 33.2 Å². The van der Waals surface area contributed by atoms with Crippen LogP contribution in [-0.4, -0.2) is 52.7 Å². The van der Waals surface area contributed by atoms with Crippen LogP contribution in [0.5, 0.6) is 5.88 Å². The second kappa shape index (κ2) is 7.64. The molecule has 1 fully saturated rings. The van der Waals surface area contributed by atoms with Gasteiger partial charge in [-0.2, -0.15) is 4.98 Å². The van der Waals surface area contributed by atoms with Crippen molar-refractivity contribution in [1.82, 2.24) is 19.9 Å². The maximum absolute atomic E-state index is 5.71. The molecule has 0 atom stereocenters. The van der Waals surface area contributed by atoms with Gasteiger partial charge in [0.05, 0.1) is 24.4 Å². The third-order valence-electron chi connectivity index (χ3n) is 4.50. The van der Waals surface area contributed by atoms with Crippen LogP contribution in [0, 0.1) is 12.8 Å². The fraction of sp³-hybridized carbons (Fsp3) is 0.474. The fourth-order valence-corrected chi connectivity index (χ4v) is 4.02. The summed E-state index contributed by atoms with van der Waals surface area (Å²) in [5, 5.41) is 1.15. The summed E-state index contributed by atoms with van der Waals surface area (Å²) < 4.78 is 5.71. The van der Waals surface area contributed by atoms with E-state index in [1.807, 2.05) is 6.20 Å². The normalized spacial score (nSPS) is 15.0. The first kappa shape index (κ1) is 17.9. The van der Waals surface area contributed by atoms with E-state index in [1.165, 1.54) is 4.88 Å². The lowest BCUT2D eigenvalue weighted by Gasteiger charge is -2.36. The third kappa shape index (κ3) is 3.95. The first-order valence-electron chi connectivity index (χ1n) is 9.26. The molecule has 0 N–H and O–H groups in total. The minimum absolute atomic E-state index is 0.462. The molecule has 3 aromatic heterocycles. The zero-order chi connectivity index (χ0) is 18.8. The Labute approximate surface area is 163 Å². The summed E-state index contributed by atoms with van der Waals surface area (Å²) in [5.41, 5.74) is 0. The van der Waals surface area contributed by atoms with Gasteiger partial charge in [-0.05, 0) is 18.9 Å². The van der Waals surface area contributed by atoms with Crippen LogP contribution in [0.2, 0.25) is 0 Å². The first-order chi connectivity index (χ1) is 13.1. The van der Waals surface area contributed by atoms with Crippen molar-refractivity contribution in [3.63, 3.8) is 0 Å². The van der Waals surface area contributed by atoms with Gasteiger partial charge in [-0.3, -0.25) is 4.98 Å².